The number of amides is 2. The van der Waals surface area contributed by atoms with Gasteiger partial charge in [0.15, 0.2) is 0 Å². The van der Waals surface area contributed by atoms with E-state index in [1.54, 1.807) is 54.6 Å². The Kier molecular flexibility index (Phi) is 11.6. The van der Waals surface area contributed by atoms with E-state index in [1.807, 2.05) is 20.8 Å². The number of nitrogens with one attached hydrogen (secondary N) is 1. The number of halogens is 1. The monoisotopic (exact) mass is 615 g/mol. The minimum atomic E-state index is -4.26. The summed E-state index contributed by atoms with van der Waals surface area (Å²) >= 11 is 6.08. The van der Waals surface area contributed by atoms with Crippen LogP contribution in [0.25, 0.3) is 0 Å². The molecule has 0 aliphatic carbocycles. The van der Waals surface area contributed by atoms with Crippen LogP contribution in [0.4, 0.5) is 5.69 Å². The van der Waals surface area contributed by atoms with E-state index in [1.165, 1.54) is 37.3 Å². The molecule has 9 nitrogen and oxygen atoms in total. The minimum absolute atomic E-state index is 0.00589. The number of ether oxygens (including phenoxy) is 2. The van der Waals surface area contributed by atoms with Gasteiger partial charge in [-0.1, -0.05) is 62.7 Å². The second kappa shape index (κ2) is 14.9. The third kappa shape index (κ3) is 8.17. The number of hydrogen-bond acceptors (Lipinski definition) is 6. The predicted octanol–water partition coefficient (Wildman–Crippen LogP) is 5.13. The molecule has 2 amide bonds. The van der Waals surface area contributed by atoms with Crippen LogP contribution in [0.15, 0.2) is 77.7 Å². The number of benzene rings is 3. The second-order valence-electron chi connectivity index (χ2n) is 10.1. The van der Waals surface area contributed by atoms with Gasteiger partial charge in [0.05, 0.1) is 24.8 Å². The van der Waals surface area contributed by atoms with E-state index < -0.39 is 28.5 Å². The van der Waals surface area contributed by atoms with Crippen LogP contribution in [0.3, 0.4) is 0 Å². The number of methoxy groups -OCH3 is 2. The van der Waals surface area contributed by atoms with Crippen LogP contribution in [0.1, 0.15) is 32.8 Å². The van der Waals surface area contributed by atoms with Gasteiger partial charge < -0.3 is 19.7 Å². The van der Waals surface area contributed by atoms with Gasteiger partial charge in [-0.15, -0.1) is 0 Å². The Labute approximate surface area is 253 Å². The number of carbonyl (C=O) groups excluding carboxylic acids is 2. The van der Waals surface area contributed by atoms with Crippen LogP contribution in [-0.2, 0) is 26.2 Å². The van der Waals surface area contributed by atoms with Gasteiger partial charge in [-0.25, -0.2) is 8.42 Å². The summed E-state index contributed by atoms with van der Waals surface area (Å²) in [6, 6.07) is 18.6. The first-order valence-electron chi connectivity index (χ1n) is 13.6. The summed E-state index contributed by atoms with van der Waals surface area (Å²) in [5.41, 5.74) is 0.858. The molecular weight excluding hydrogens is 578 g/mol. The third-order valence-electron chi connectivity index (χ3n) is 6.60. The Morgan fingerprint density at radius 1 is 0.952 bits per heavy atom. The predicted molar refractivity (Wildman–Crippen MR) is 164 cm³/mol. The molecule has 0 radical (unpaired) electrons. The average molecular weight is 616 g/mol. The maximum Gasteiger partial charge on any atom is 0.264 e. The standard InChI is InChI=1S/C31H38ClN3O6S/c1-6-27(31(37)33-19-22(2)3)34(20-23-12-14-24(32)15-13-23)30(36)21-35(42(38,39)26-10-8-7-9-11-26)28-18-25(40-4)16-17-29(28)41-5/h7-18,22,27H,6,19-21H2,1-5H3,(H,33,37). The van der Waals surface area contributed by atoms with E-state index >= 15 is 0 Å². The molecule has 0 heterocycles. The molecule has 226 valence electrons. The van der Waals surface area contributed by atoms with Gasteiger partial charge in [0.25, 0.3) is 10.0 Å². The molecule has 0 saturated heterocycles. The zero-order valence-corrected chi connectivity index (χ0v) is 26.1. The molecule has 0 saturated carbocycles. The first kappa shape index (κ1) is 32.8. The van der Waals surface area contributed by atoms with Crippen LogP contribution < -0.4 is 19.1 Å². The molecule has 0 spiro atoms. The number of rotatable bonds is 14. The summed E-state index contributed by atoms with van der Waals surface area (Å²) in [6.45, 7) is 5.68. The largest absolute Gasteiger partial charge is 0.497 e. The van der Waals surface area contributed by atoms with E-state index in [0.29, 0.717) is 23.7 Å². The molecule has 3 aromatic carbocycles. The Balaban J connectivity index is 2.12. The van der Waals surface area contributed by atoms with Crippen molar-refractivity contribution in [1.82, 2.24) is 10.2 Å². The lowest BCUT2D eigenvalue weighted by Gasteiger charge is -2.33. The summed E-state index contributed by atoms with van der Waals surface area (Å²) in [7, 11) is -1.38. The molecule has 1 unspecified atom stereocenters. The second-order valence-corrected chi connectivity index (χ2v) is 12.4. The maximum absolute atomic E-state index is 14.2. The molecule has 1 N–H and O–H groups in total. The fraction of sp³-hybridized carbons (Fsp3) is 0.355. The quantitative estimate of drug-likeness (QED) is 0.270. The van der Waals surface area contributed by atoms with Gasteiger partial charge in [0, 0.05) is 24.2 Å². The molecule has 3 rings (SSSR count). The SMILES string of the molecule is CCC(C(=O)NCC(C)C)N(Cc1ccc(Cl)cc1)C(=O)CN(c1cc(OC)ccc1OC)S(=O)(=O)c1ccccc1. The maximum atomic E-state index is 14.2. The Morgan fingerprint density at radius 2 is 1.62 bits per heavy atom. The van der Waals surface area contributed by atoms with Crippen molar-refractivity contribution in [1.29, 1.82) is 0 Å². The van der Waals surface area contributed by atoms with Gasteiger partial charge in [0.2, 0.25) is 11.8 Å². The zero-order valence-electron chi connectivity index (χ0n) is 24.5. The highest BCUT2D eigenvalue weighted by molar-refractivity contribution is 7.92. The normalized spacial score (nSPS) is 12.0. The number of hydrogen-bond donors (Lipinski definition) is 1. The highest BCUT2D eigenvalue weighted by atomic mass is 35.5. The third-order valence-corrected chi connectivity index (χ3v) is 8.63. The van der Waals surface area contributed by atoms with Gasteiger partial charge in [0.1, 0.15) is 24.1 Å². The van der Waals surface area contributed by atoms with E-state index in [0.717, 1.165) is 9.87 Å². The van der Waals surface area contributed by atoms with Gasteiger partial charge in [-0.2, -0.15) is 0 Å². The molecule has 3 aromatic rings. The van der Waals surface area contributed by atoms with Gasteiger partial charge >= 0.3 is 0 Å². The number of anilines is 1. The van der Waals surface area contributed by atoms with Crippen LogP contribution in [0, 0.1) is 5.92 Å². The van der Waals surface area contributed by atoms with Crippen molar-refractivity contribution >= 4 is 39.1 Å². The molecule has 42 heavy (non-hydrogen) atoms. The summed E-state index contributed by atoms with van der Waals surface area (Å²) in [4.78, 5) is 29.0. The lowest BCUT2D eigenvalue weighted by atomic mass is 10.1. The molecule has 0 fully saturated rings. The Morgan fingerprint density at radius 3 is 2.19 bits per heavy atom. The summed E-state index contributed by atoms with van der Waals surface area (Å²) in [5, 5.41) is 3.45. The Bertz CT molecular complexity index is 1450. The van der Waals surface area contributed by atoms with Crippen LogP contribution in [-0.4, -0.2) is 58.5 Å². The first-order valence-corrected chi connectivity index (χ1v) is 15.4. The highest BCUT2D eigenvalue weighted by Gasteiger charge is 2.35. The highest BCUT2D eigenvalue weighted by Crippen LogP contribution is 2.36. The molecular formula is C31H38ClN3O6S. The molecule has 0 aliphatic heterocycles. The van der Waals surface area contributed by atoms with Crippen molar-refractivity contribution in [2.75, 3.05) is 31.6 Å². The topological polar surface area (TPSA) is 105 Å². The number of nitrogens with zero attached hydrogens (tertiary/aromatic N) is 2. The van der Waals surface area contributed by atoms with E-state index in [9.17, 15) is 18.0 Å². The molecule has 0 aliphatic rings. The molecule has 11 heteroatoms. The molecule has 1 atom stereocenters. The molecule has 0 aromatic heterocycles. The van der Waals surface area contributed by atoms with Gasteiger partial charge in [-0.3, -0.25) is 13.9 Å². The number of carbonyl (C=O) groups is 2. The lowest BCUT2D eigenvalue weighted by molar-refractivity contribution is -0.140. The van der Waals surface area contributed by atoms with E-state index in [-0.39, 0.29) is 34.7 Å². The average Bonchev–Trinajstić information content (AvgIpc) is 2.99. The minimum Gasteiger partial charge on any atom is -0.497 e. The van der Waals surface area contributed by atoms with Crippen molar-refractivity contribution in [3.8, 4) is 11.5 Å². The van der Waals surface area contributed by atoms with E-state index in [4.69, 9.17) is 21.1 Å². The number of sulfonamides is 1. The summed E-state index contributed by atoms with van der Waals surface area (Å²) in [6.07, 6.45) is 0.317. The fourth-order valence-corrected chi connectivity index (χ4v) is 5.92. The zero-order chi connectivity index (χ0) is 30.9. The Hall–Kier alpha value is -3.76. The summed E-state index contributed by atoms with van der Waals surface area (Å²) in [5.74, 6) is -0.0668. The van der Waals surface area contributed by atoms with Crippen LogP contribution >= 0.6 is 11.6 Å². The van der Waals surface area contributed by atoms with Crippen molar-refractivity contribution < 1.29 is 27.5 Å². The smallest absolute Gasteiger partial charge is 0.264 e. The first-order chi connectivity index (χ1) is 20.0. The van der Waals surface area contributed by atoms with Crippen LogP contribution in [0.5, 0.6) is 11.5 Å². The fourth-order valence-electron chi connectivity index (χ4n) is 4.35. The van der Waals surface area contributed by atoms with Crippen LogP contribution in [0.2, 0.25) is 5.02 Å². The molecule has 0 bridgehead atoms. The lowest BCUT2D eigenvalue weighted by Crippen LogP contribution is -2.52. The van der Waals surface area contributed by atoms with Gasteiger partial charge in [-0.05, 0) is 54.3 Å². The van der Waals surface area contributed by atoms with Crippen molar-refractivity contribution in [2.45, 2.75) is 44.7 Å². The summed E-state index contributed by atoms with van der Waals surface area (Å²) < 4.78 is 40.0. The van der Waals surface area contributed by atoms with Crippen molar-refractivity contribution in [3.05, 3.63) is 83.4 Å². The van der Waals surface area contributed by atoms with Crippen molar-refractivity contribution in [3.63, 3.8) is 0 Å². The van der Waals surface area contributed by atoms with Crippen molar-refractivity contribution in [2.24, 2.45) is 5.92 Å². The van der Waals surface area contributed by atoms with E-state index in [2.05, 4.69) is 5.32 Å².